The summed E-state index contributed by atoms with van der Waals surface area (Å²) in [5.74, 6) is -0.599. The van der Waals surface area contributed by atoms with Gasteiger partial charge in [0.25, 0.3) is 5.91 Å². The van der Waals surface area contributed by atoms with Gasteiger partial charge in [0.15, 0.2) is 0 Å². The number of carbonyl (C=O) groups is 1. The van der Waals surface area contributed by atoms with Gasteiger partial charge in [-0.05, 0) is 12.1 Å². The van der Waals surface area contributed by atoms with E-state index in [1.807, 2.05) is 0 Å². The van der Waals surface area contributed by atoms with E-state index in [0.29, 0.717) is 10.4 Å². The lowest BCUT2D eigenvalue weighted by Crippen LogP contribution is -2.30. The molecule has 2 rings (SSSR count). The highest BCUT2D eigenvalue weighted by atomic mass is 19.4. The van der Waals surface area contributed by atoms with Crippen LogP contribution in [0.25, 0.3) is 0 Å². The van der Waals surface area contributed by atoms with Gasteiger partial charge in [-0.1, -0.05) is 18.2 Å². The topological polar surface area (TPSA) is 38.1 Å². The molecule has 0 bridgehead atoms. The number of halogens is 3. The Morgan fingerprint density at radius 3 is 2.60 bits per heavy atom. The summed E-state index contributed by atoms with van der Waals surface area (Å²) in [5, 5.41) is 3.49. The molecule has 1 heterocycles. The molecule has 20 heavy (non-hydrogen) atoms. The van der Waals surface area contributed by atoms with Gasteiger partial charge in [0.05, 0.1) is 6.20 Å². The lowest BCUT2D eigenvalue weighted by molar-refractivity contribution is -0.142. The van der Waals surface area contributed by atoms with Crippen molar-refractivity contribution < 1.29 is 18.0 Å². The average molecular weight is 282 g/mol. The summed E-state index contributed by atoms with van der Waals surface area (Å²) in [6.07, 6.45) is -3.39. The van der Waals surface area contributed by atoms with Gasteiger partial charge in [0.2, 0.25) is 0 Å². The Bertz CT molecular complexity index is 592. The van der Waals surface area contributed by atoms with Crippen molar-refractivity contribution in [1.82, 2.24) is 9.78 Å². The molecule has 1 aromatic carbocycles. The third-order valence-electron chi connectivity index (χ3n) is 2.64. The van der Waals surface area contributed by atoms with E-state index in [4.69, 9.17) is 0 Å². The highest BCUT2D eigenvalue weighted by Crippen LogP contribution is 2.19. The first-order valence-corrected chi connectivity index (χ1v) is 5.72. The van der Waals surface area contributed by atoms with Crippen molar-refractivity contribution in [1.29, 1.82) is 0 Å². The molecule has 1 amide bonds. The van der Waals surface area contributed by atoms with E-state index in [2.05, 4.69) is 11.2 Å². The predicted molar refractivity (Wildman–Crippen MR) is 66.3 cm³/mol. The predicted octanol–water partition coefficient (Wildman–Crippen LogP) is 2.52. The number of rotatable bonds is 3. The molecule has 1 radical (unpaired) electrons. The zero-order chi connectivity index (χ0) is 14.8. The van der Waals surface area contributed by atoms with Crippen LogP contribution in [0.15, 0.2) is 36.5 Å². The monoisotopic (exact) mass is 282 g/mol. The molecule has 1 aromatic heterocycles. The minimum absolute atomic E-state index is 0.228. The van der Waals surface area contributed by atoms with Gasteiger partial charge in [-0.25, -0.2) is 0 Å². The first kappa shape index (κ1) is 14.1. The molecular weight excluding hydrogens is 271 g/mol. The minimum atomic E-state index is -4.44. The van der Waals surface area contributed by atoms with E-state index < -0.39 is 18.6 Å². The van der Waals surface area contributed by atoms with E-state index in [0.717, 1.165) is 6.20 Å². The van der Waals surface area contributed by atoms with Crippen molar-refractivity contribution in [3.8, 4) is 0 Å². The molecule has 0 fully saturated rings. The van der Waals surface area contributed by atoms with Crippen molar-refractivity contribution in [3.63, 3.8) is 0 Å². The average Bonchev–Trinajstić information content (AvgIpc) is 2.84. The maximum atomic E-state index is 12.4. The number of benzene rings is 1. The van der Waals surface area contributed by atoms with Gasteiger partial charge < -0.3 is 4.90 Å². The fourth-order valence-corrected chi connectivity index (χ4v) is 1.68. The molecule has 0 saturated carbocycles. The second kappa shape index (κ2) is 5.36. The molecule has 0 N–H and O–H groups in total. The van der Waals surface area contributed by atoms with Crippen LogP contribution in [0, 0.1) is 6.07 Å². The summed E-state index contributed by atoms with van der Waals surface area (Å²) in [5.41, 5.74) is 0.347. The molecule has 0 spiro atoms. The lowest BCUT2D eigenvalue weighted by atomic mass is 10.2. The van der Waals surface area contributed by atoms with Gasteiger partial charge in [-0.15, -0.1) is 0 Å². The van der Waals surface area contributed by atoms with Crippen LogP contribution in [-0.2, 0) is 6.54 Å². The highest BCUT2D eigenvalue weighted by molar-refractivity contribution is 6.04. The van der Waals surface area contributed by atoms with Gasteiger partial charge in [0.1, 0.15) is 12.2 Å². The van der Waals surface area contributed by atoms with Crippen LogP contribution in [0.3, 0.4) is 0 Å². The number of amides is 1. The Morgan fingerprint density at radius 2 is 2.00 bits per heavy atom. The molecule has 0 saturated heterocycles. The molecule has 4 nitrogen and oxygen atoms in total. The summed E-state index contributed by atoms with van der Waals surface area (Å²) in [4.78, 5) is 13.4. The maximum Gasteiger partial charge on any atom is 0.408 e. The molecule has 0 unspecified atom stereocenters. The zero-order valence-corrected chi connectivity index (χ0v) is 10.6. The molecule has 7 heteroatoms. The van der Waals surface area contributed by atoms with Crippen LogP contribution < -0.4 is 4.90 Å². The van der Waals surface area contributed by atoms with Crippen LogP contribution in [0.4, 0.5) is 18.9 Å². The quantitative estimate of drug-likeness (QED) is 0.867. The standard InChI is InChI=1S/C13H11F3N3O/c1-18(10-5-3-2-4-6-10)12(20)11-7-8-17-19(11)9-13(14,15)16/h2-6,8H,9H2,1H3. The Balaban J connectivity index is 2.24. The van der Waals surface area contributed by atoms with Crippen molar-refractivity contribution >= 4 is 11.6 Å². The molecule has 0 aliphatic rings. The van der Waals surface area contributed by atoms with Crippen molar-refractivity contribution in [2.45, 2.75) is 12.7 Å². The number of anilines is 1. The first-order chi connectivity index (χ1) is 9.38. The summed E-state index contributed by atoms with van der Waals surface area (Å²) in [6.45, 7) is -1.32. The molecule has 0 atom stereocenters. The Hall–Kier alpha value is -2.31. The van der Waals surface area contributed by atoms with E-state index in [-0.39, 0.29) is 5.69 Å². The largest absolute Gasteiger partial charge is 0.408 e. The molecule has 2 aromatic rings. The van der Waals surface area contributed by atoms with Gasteiger partial charge in [-0.2, -0.15) is 18.3 Å². The number of carbonyl (C=O) groups excluding carboxylic acids is 1. The van der Waals surface area contributed by atoms with Crippen molar-refractivity contribution in [2.24, 2.45) is 0 Å². The molecular formula is C13H11F3N3O. The van der Waals surface area contributed by atoms with Crippen LogP contribution in [-0.4, -0.2) is 28.9 Å². The number of aromatic nitrogens is 2. The summed E-state index contributed by atoms with van der Waals surface area (Å²) >= 11 is 0. The Labute approximate surface area is 113 Å². The van der Waals surface area contributed by atoms with Gasteiger partial charge in [0, 0.05) is 18.8 Å². The second-order valence-electron chi connectivity index (χ2n) is 4.11. The van der Waals surface area contributed by atoms with E-state index in [9.17, 15) is 18.0 Å². The Morgan fingerprint density at radius 1 is 1.35 bits per heavy atom. The van der Waals surface area contributed by atoms with Crippen molar-refractivity contribution in [2.75, 3.05) is 11.9 Å². The number of nitrogens with zero attached hydrogens (tertiary/aromatic N) is 3. The number of hydrogen-bond donors (Lipinski definition) is 0. The first-order valence-electron chi connectivity index (χ1n) is 5.72. The van der Waals surface area contributed by atoms with Crippen molar-refractivity contribution in [3.05, 3.63) is 48.3 Å². The third-order valence-corrected chi connectivity index (χ3v) is 2.64. The summed E-state index contributed by atoms with van der Waals surface area (Å²) < 4.78 is 37.8. The summed E-state index contributed by atoms with van der Waals surface area (Å²) in [6, 6.07) is 11.0. The van der Waals surface area contributed by atoms with Gasteiger partial charge >= 0.3 is 6.18 Å². The number of hydrogen-bond acceptors (Lipinski definition) is 2. The molecule has 105 valence electrons. The Kier molecular flexibility index (Phi) is 3.78. The summed E-state index contributed by atoms with van der Waals surface area (Å²) in [7, 11) is 1.48. The van der Waals surface area contributed by atoms with Gasteiger partial charge in [-0.3, -0.25) is 9.48 Å². The van der Waals surface area contributed by atoms with E-state index in [1.165, 1.54) is 11.9 Å². The van der Waals surface area contributed by atoms with E-state index in [1.54, 1.807) is 30.3 Å². The second-order valence-corrected chi connectivity index (χ2v) is 4.11. The van der Waals surface area contributed by atoms with Crippen LogP contribution >= 0.6 is 0 Å². The smallest absolute Gasteiger partial charge is 0.310 e. The third kappa shape index (κ3) is 3.17. The lowest BCUT2D eigenvalue weighted by Gasteiger charge is -2.18. The van der Waals surface area contributed by atoms with Crippen LogP contribution in [0.5, 0.6) is 0 Å². The number of para-hydroxylation sites is 1. The van der Waals surface area contributed by atoms with Crippen LogP contribution in [0.1, 0.15) is 10.5 Å². The fourth-order valence-electron chi connectivity index (χ4n) is 1.68. The minimum Gasteiger partial charge on any atom is -0.310 e. The fraction of sp³-hybridized carbons (Fsp3) is 0.231. The number of alkyl halides is 3. The molecule has 0 aliphatic heterocycles. The van der Waals surface area contributed by atoms with E-state index >= 15 is 0 Å². The van der Waals surface area contributed by atoms with Crippen LogP contribution in [0.2, 0.25) is 0 Å². The zero-order valence-electron chi connectivity index (χ0n) is 10.6. The SMILES string of the molecule is CN(C(=O)c1[c]cnn1CC(F)(F)F)c1ccccc1. The highest BCUT2D eigenvalue weighted by Gasteiger charge is 2.31. The normalized spacial score (nSPS) is 11.4. The molecule has 0 aliphatic carbocycles. The maximum absolute atomic E-state index is 12.4.